The maximum absolute atomic E-state index is 6.56. The molecule has 0 bridgehead atoms. The van der Waals surface area contributed by atoms with Crippen molar-refractivity contribution in [3.05, 3.63) is 78.2 Å². The van der Waals surface area contributed by atoms with Gasteiger partial charge in [-0.3, -0.25) is 4.98 Å². The molecule has 1 aromatic carbocycles. The lowest BCUT2D eigenvalue weighted by Crippen LogP contribution is -2.38. The first-order valence-electron chi connectivity index (χ1n) is 11.0. The van der Waals surface area contributed by atoms with Crippen molar-refractivity contribution in [2.45, 2.75) is 47.4 Å². The van der Waals surface area contributed by atoms with E-state index in [4.69, 9.17) is 15.5 Å². The van der Waals surface area contributed by atoms with E-state index in [9.17, 15) is 0 Å². The van der Waals surface area contributed by atoms with Crippen LogP contribution >= 0.6 is 23.5 Å². The van der Waals surface area contributed by atoms with Gasteiger partial charge in [-0.25, -0.2) is 4.98 Å². The number of allylic oxidation sites excluding steroid dienone is 1. The molecular formula is C25H26N4OS2. The van der Waals surface area contributed by atoms with E-state index in [0.29, 0.717) is 5.92 Å². The van der Waals surface area contributed by atoms with Gasteiger partial charge in [-0.15, -0.1) is 0 Å². The number of aromatic nitrogens is 2. The molecule has 0 radical (unpaired) electrons. The number of thioether (sulfide) groups is 1. The van der Waals surface area contributed by atoms with E-state index in [-0.39, 0.29) is 5.50 Å². The minimum atomic E-state index is -0.198. The zero-order valence-corrected chi connectivity index (χ0v) is 19.4. The van der Waals surface area contributed by atoms with Crippen LogP contribution in [-0.2, 0) is 0 Å². The molecule has 1 aliphatic carbocycles. The second kappa shape index (κ2) is 9.98. The van der Waals surface area contributed by atoms with Crippen LogP contribution in [0.25, 0.3) is 0 Å². The van der Waals surface area contributed by atoms with E-state index < -0.39 is 0 Å². The predicted molar refractivity (Wildman–Crippen MR) is 132 cm³/mol. The fourth-order valence-corrected chi connectivity index (χ4v) is 5.96. The molecule has 1 atom stereocenters. The first kappa shape index (κ1) is 21.4. The maximum Gasteiger partial charge on any atom is 0.178 e. The minimum Gasteiger partial charge on any atom is -0.453 e. The van der Waals surface area contributed by atoms with Crippen molar-refractivity contribution in [3.63, 3.8) is 0 Å². The summed E-state index contributed by atoms with van der Waals surface area (Å²) in [6, 6.07) is 15.9. The van der Waals surface area contributed by atoms with Gasteiger partial charge in [0.25, 0.3) is 0 Å². The Labute approximate surface area is 197 Å². The third kappa shape index (κ3) is 4.80. The van der Waals surface area contributed by atoms with Gasteiger partial charge in [-0.2, -0.15) is 0 Å². The number of nitrogens with two attached hydrogens (primary N) is 1. The lowest BCUT2D eigenvalue weighted by molar-refractivity contribution is 0.394. The highest BCUT2D eigenvalue weighted by Gasteiger charge is 2.34. The van der Waals surface area contributed by atoms with Crippen LogP contribution in [0.4, 0.5) is 5.82 Å². The number of pyridine rings is 2. The van der Waals surface area contributed by atoms with Crippen LogP contribution in [0.5, 0.6) is 11.5 Å². The highest BCUT2D eigenvalue weighted by molar-refractivity contribution is 8.03. The Morgan fingerprint density at radius 1 is 1.00 bits per heavy atom. The summed E-state index contributed by atoms with van der Waals surface area (Å²) in [5.74, 6) is 2.81. The summed E-state index contributed by atoms with van der Waals surface area (Å²) in [5.41, 5.74) is 7.64. The molecule has 2 N–H and O–H groups in total. The van der Waals surface area contributed by atoms with Crippen molar-refractivity contribution in [2.24, 2.45) is 11.7 Å². The molecule has 7 heteroatoms. The summed E-state index contributed by atoms with van der Waals surface area (Å²) in [6.45, 7) is 0. The Bertz CT molecular complexity index is 1070. The Kier molecular flexibility index (Phi) is 6.67. The zero-order chi connectivity index (χ0) is 21.8. The van der Waals surface area contributed by atoms with Crippen molar-refractivity contribution in [3.8, 4) is 11.5 Å². The molecule has 1 fully saturated rings. The summed E-state index contributed by atoms with van der Waals surface area (Å²) in [5, 5.41) is 2.23. The molecule has 1 aliphatic heterocycles. The number of anilines is 1. The Balaban J connectivity index is 1.50. The SMILES string of the molecule is NC1SC=C(C2CCCCC2)N1c1ncc(Sc2ccncc2)cc1Oc1ccccc1. The summed E-state index contributed by atoms with van der Waals surface area (Å²) in [6.07, 6.45) is 11.8. The molecule has 5 rings (SSSR count). The second-order valence-electron chi connectivity index (χ2n) is 7.97. The first-order chi connectivity index (χ1) is 15.8. The molecule has 164 valence electrons. The molecule has 0 amide bonds. The van der Waals surface area contributed by atoms with Gasteiger partial charge in [0, 0.05) is 40.1 Å². The Morgan fingerprint density at radius 3 is 2.56 bits per heavy atom. The number of hydrogen-bond acceptors (Lipinski definition) is 7. The number of para-hydroxylation sites is 1. The van der Waals surface area contributed by atoms with Gasteiger partial charge in [0.2, 0.25) is 0 Å². The predicted octanol–water partition coefficient (Wildman–Crippen LogP) is 6.64. The van der Waals surface area contributed by atoms with Crippen molar-refractivity contribution >= 4 is 29.3 Å². The largest absolute Gasteiger partial charge is 0.453 e. The van der Waals surface area contributed by atoms with E-state index in [1.807, 2.05) is 48.7 Å². The molecule has 3 heterocycles. The quantitative estimate of drug-likeness (QED) is 0.440. The molecule has 32 heavy (non-hydrogen) atoms. The van der Waals surface area contributed by atoms with Gasteiger partial charge in [0.05, 0.1) is 0 Å². The number of nitrogens with zero attached hydrogens (tertiary/aromatic N) is 3. The van der Waals surface area contributed by atoms with E-state index >= 15 is 0 Å². The molecule has 3 aromatic rings. The molecule has 1 unspecified atom stereocenters. The van der Waals surface area contributed by atoms with Crippen LogP contribution in [0.15, 0.2) is 88.0 Å². The van der Waals surface area contributed by atoms with E-state index in [2.05, 4.69) is 21.4 Å². The number of hydrogen-bond donors (Lipinski definition) is 1. The minimum absolute atomic E-state index is 0.198. The van der Waals surface area contributed by atoms with Crippen molar-refractivity contribution in [1.29, 1.82) is 0 Å². The molecule has 0 spiro atoms. The van der Waals surface area contributed by atoms with Crippen molar-refractivity contribution in [1.82, 2.24) is 9.97 Å². The van der Waals surface area contributed by atoms with Crippen molar-refractivity contribution < 1.29 is 4.74 Å². The maximum atomic E-state index is 6.56. The van der Waals surface area contributed by atoms with Crippen LogP contribution in [0.2, 0.25) is 0 Å². The number of ether oxygens (including phenoxy) is 1. The Morgan fingerprint density at radius 2 is 1.78 bits per heavy atom. The average molecular weight is 463 g/mol. The smallest absolute Gasteiger partial charge is 0.178 e. The third-order valence-electron chi connectivity index (χ3n) is 5.78. The van der Waals surface area contributed by atoms with Gasteiger partial charge in [0.1, 0.15) is 11.2 Å². The number of rotatable bonds is 6. The van der Waals surface area contributed by atoms with Crippen LogP contribution < -0.4 is 15.4 Å². The molecular weight excluding hydrogens is 436 g/mol. The molecule has 2 aliphatic rings. The number of benzene rings is 1. The van der Waals surface area contributed by atoms with Gasteiger partial charge < -0.3 is 15.4 Å². The highest BCUT2D eigenvalue weighted by atomic mass is 32.2. The summed E-state index contributed by atoms with van der Waals surface area (Å²) < 4.78 is 6.36. The summed E-state index contributed by atoms with van der Waals surface area (Å²) >= 11 is 3.30. The van der Waals surface area contributed by atoms with E-state index in [0.717, 1.165) is 27.1 Å². The van der Waals surface area contributed by atoms with Gasteiger partial charge >= 0.3 is 0 Å². The van der Waals surface area contributed by atoms with Crippen LogP contribution in [0.1, 0.15) is 32.1 Å². The fraction of sp³-hybridized carbons (Fsp3) is 0.280. The van der Waals surface area contributed by atoms with Crippen molar-refractivity contribution in [2.75, 3.05) is 4.90 Å². The standard InChI is InChI=1S/C25H26N4OS2/c26-25-29(22(17-31-25)18-7-3-1-4-8-18)24-23(30-19-9-5-2-6-10-19)15-21(16-28-24)32-20-11-13-27-14-12-20/h2,5-6,9-18,25H,1,3-4,7-8,26H2. The monoisotopic (exact) mass is 462 g/mol. The average Bonchev–Trinajstić information content (AvgIpc) is 3.22. The second-order valence-corrected chi connectivity index (χ2v) is 10.1. The molecule has 2 aromatic heterocycles. The van der Waals surface area contributed by atoms with Crippen LogP contribution in [0, 0.1) is 5.92 Å². The zero-order valence-electron chi connectivity index (χ0n) is 17.8. The van der Waals surface area contributed by atoms with E-state index in [1.54, 1.807) is 35.9 Å². The van der Waals surface area contributed by atoms with Gasteiger partial charge in [0.15, 0.2) is 11.6 Å². The summed E-state index contributed by atoms with van der Waals surface area (Å²) in [7, 11) is 0. The van der Waals surface area contributed by atoms with Crippen LogP contribution in [-0.4, -0.2) is 15.5 Å². The Hall–Kier alpha value is -2.48. The van der Waals surface area contributed by atoms with Gasteiger partial charge in [-0.1, -0.05) is 61.0 Å². The summed E-state index contributed by atoms with van der Waals surface area (Å²) in [4.78, 5) is 13.3. The molecule has 1 saturated carbocycles. The third-order valence-corrected chi connectivity index (χ3v) is 7.61. The molecule has 5 nitrogen and oxygen atoms in total. The lowest BCUT2D eigenvalue weighted by Gasteiger charge is -2.33. The highest BCUT2D eigenvalue weighted by Crippen LogP contribution is 2.45. The topological polar surface area (TPSA) is 64.3 Å². The normalized spacial score (nSPS) is 19.1. The van der Waals surface area contributed by atoms with E-state index in [1.165, 1.54) is 37.8 Å². The fourth-order valence-electron chi connectivity index (χ4n) is 4.23. The molecule has 0 saturated heterocycles. The van der Waals surface area contributed by atoms with Gasteiger partial charge in [-0.05, 0) is 48.4 Å². The lowest BCUT2D eigenvalue weighted by atomic mass is 9.87. The van der Waals surface area contributed by atoms with Crippen LogP contribution in [0.3, 0.4) is 0 Å². The first-order valence-corrected chi connectivity index (χ1v) is 12.7.